The Balaban J connectivity index is 1.79. The molecule has 1 aromatic heterocycles. The summed E-state index contributed by atoms with van der Waals surface area (Å²) < 4.78 is 8.10. The van der Waals surface area contributed by atoms with Gasteiger partial charge in [0, 0.05) is 21.2 Å². The predicted octanol–water partition coefficient (Wildman–Crippen LogP) is 4.97. The highest BCUT2D eigenvalue weighted by atomic mass is 35.5. The van der Waals surface area contributed by atoms with Crippen molar-refractivity contribution in [1.29, 1.82) is 0 Å². The smallest absolute Gasteiger partial charge is 0.185 e. The van der Waals surface area contributed by atoms with E-state index in [1.807, 2.05) is 59.5 Å². The van der Waals surface area contributed by atoms with Crippen molar-refractivity contribution in [3.05, 3.63) is 76.0 Å². The Labute approximate surface area is 160 Å². The van der Waals surface area contributed by atoms with E-state index in [1.54, 1.807) is 18.1 Å². The number of nitrogens with zero attached hydrogens (tertiary/aromatic N) is 3. The summed E-state index contributed by atoms with van der Waals surface area (Å²) in [4.78, 5) is 4.28. The monoisotopic (exact) mass is 391 g/mol. The van der Waals surface area contributed by atoms with E-state index in [0.717, 1.165) is 16.3 Å². The molecule has 1 fully saturated rings. The van der Waals surface area contributed by atoms with Crippen LogP contribution < -0.4 is 0 Å². The van der Waals surface area contributed by atoms with E-state index in [9.17, 15) is 0 Å². The Kier molecular flexibility index (Phi) is 4.50. The fourth-order valence-electron chi connectivity index (χ4n) is 3.14. The van der Waals surface area contributed by atoms with E-state index in [1.165, 1.54) is 0 Å². The molecule has 2 heterocycles. The van der Waals surface area contributed by atoms with Crippen molar-refractivity contribution in [3.63, 3.8) is 0 Å². The molecule has 4 rings (SSSR count). The molecule has 1 saturated heterocycles. The highest BCUT2D eigenvalue weighted by Crippen LogP contribution is 2.60. The van der Waals surface area contributed by atoms with Gasteiger partial charge in [-0.15, -0.1) is 0 Å². The van der Waals surface area contributed by atoms with Gasteiger partial charge in [-0.3, -0.25) is 0 Å². The van der Waals surface area contributed by atoms with Crippen molar-refractivity contribution in [3.8, 4) is 0 Å². The summed E-state index contributed by atoms with van der Waals surface area (Å²) >= 11 is 14.4. The summed E-state index contributed by atoms with van der Waals surface area (Å²) in [6, 6.07) is 15.5. The Morgan fingerprint density at radius 3 is 2.56 bits per heavy atom. The Bertz CT molecular complexity index is 917. The topological polar surface area (TPSA) is 43.2 Å². The summed E-state index contributed by atoms with van der Waals surface area (Å²) in [6.45, 7) is 0.517. The number of benzene rings is 2. The van der Waals surface area contributed by atoms with Crippen LogP contribution in [0.3, 0.4) is 0 Å². The first-order valence-corrected chi connectivity index (χ1v) is 9.73. The molecule has 2 aromatic carbocycles. The second-order valence-corrected chi connectivity index (χ2v) is 7.38. The van der Waals surface area contributed by atoms with Crippen LogP contribution in [0, 0.1) is 0 Å². The second kappa shape index (κ2) is 6.65. The average molecular weight is 392 g/mol. The van der Waals surface area contributed by atoms with Crippen LogP contribution in [0.2, 0.25) is 10.0 Å². The number of hydrogen-bond donors (Lipinski definition) is 0. The molecule has 0 aliphatic carbocycles. The highest BCUT2D eigenvalue weighted by Gasteiger charge is 2.60. The number of epoxide rings is 1. The number of hydrogen-bond acceptors (Lipinski definition) is 4. The molecule has 0 saturated carbocycles. The second-order valence-electron chi connectivity index (χ2n) is 5.79. The molecule has 1 aliphatic rings. The maximum atomic E-state index is 6.49. The van der Waals surface area contributed by atoms with Crippen molar-refractivity contribution in [2.45, 2.75) is 23.4 Å². The first-order valence-electron chi connectivity index (χ1n) is 7.75. The minimum atomic E-state index is -0.610. The SMILES string of the molecule is CSc1ncnn1C[C@]1(c2ccccc2Cl)O[C@@H]1c1ccccc1Cl. The summed E-state index contributed by atoms with van der Waals surface area (Å²) in [5, 5.41) is 6.53. The lowest BCUT2D eigenvalue weighted by molar-refractivity contribution is 0.256. The van der Waals surface area contributed by atoms with Gasteiger partial charge < -0.3 is 4.74 Å². The van der Waals surface area contributed by atoms with Crippen molar-refractivity contribution < 1.29 is 4.74 Å². The highest BCUT2D eigenvalue weighted by molar-refractivity contribution is 7.98. The number of ether oxygens (including phenoxy) is 1. The molecule has 7 heteroatoms. The zero-order chi connectivity index (χ0) is 17.4. The van der Waals surface area contributed by atoms with E-state index in [0.29, 0.717) is 16.6 Å². The van der Waals surface area contributed by atoms with E-state index in [4.69, 9.17) is 27.9 Å². The molecule has 3 aromatic rings. The van der Waals surface area contributed by atoms with Crippen LogP contribution in [-0.4, -0.2) is 21.0 Å². The molecule has 1 aliphatic heterocycles. The molecule has 4 nitrogen and oxygen atoms in total. The zero-order valence-electron chi connectivity index (χ0n) is 13.4. The Morgan fingerprint density at radius 1 is 1.12 bits per heavy atom. The molecule has 2 atom stereocenters. The van der Waals surface area contributed by atoms with Gasteiger partial charge in [-0.05, 0) is 18.4 Å². The van der Waals surface area contributed by atoms with Crippen molar-refractivity contribution in [2.24, 2.45) is 0 Å². The standard InChI is InChI=1S/C18H15Cl2N3OS/c1-25-17-21-11-22-23(17)10-18(13-7-3-5-9-15(13)20)16(24-18)12-6-2-4-8-14(12)19/h2-9,11,16H,10H2,1H3/t16-,18-/m1/s1. The molecule has 0 spiro atoms. The lowest BCUT2D eigenvalue weighted by Gasteiger charge is -2.16. The zero-order valence-corrected chi connectivity index (χ0v) is 15.7. The van der Waals surface area contributed by atoms with Crippen LogP contribution >= 0.6 is 35.0 Å². The van der Waals surface area contributed by atoms with Gasteiger partial charge in [0.25, 0.3) is 0 Å². The minimum absolute atomic E-state index is 0.181. The first-order chi connectivity index (χ1) is 12.2. The molecular formula is C18H15Cl2N3OS. The Hall–Kier alpha value is -1.53. The molecule has 0 bridgehead atoms. The fourth-order valence-corrected chi connectivity index (χ4v) is 4.14. The summed E-state index contributed by atoms with van der Waals surface area (Å²) in [5.74, 6) is 0. The summed E-state index contributed by atoms with van der Waals surface area (Å²) in [7, 11) is 0. The Morgan fingerprint density at radius 2 is 1.84 bits per heavy atom. The molecule has 128 valence electrons. The largest absolute Gasteiger partial charge is 0.354 e. The molecule has 25 heavy (non-hydrogen) atoms. The number of thioether (sulfide) groups is 1. The summed E-state index contributed by atoms with van der Waals surface area (Å²) in [5.41, 5.74) is 1.28. The van der Waals surface area contributed by atoms with Crippen LogP contribution in [-0.2, 0) is 16.9 Å². The first kappa shape index (κ1) is 16.9. The van der Waals surface area contributed by atoms with Crippen LogP contribution in [0.1, 0.15) is 17.2 Å². The van der Waals surface area contributed by atoms with E-state index in [2.05, 4.69) is 10.1 Å². The van der Waals surface area contributed by atoms with Crippen LogP contribution in [0.5, 0.6) is 0 Å². The maximum Gasteiger partial charge on any atom is 0.185 e. The van der Waals surface area contributed by atoms with Gasteiger partial charge in [-0.25, -0.2) is 9.67 Å². The van der Waals surface area contributed by atoms with Gasteiger partial charge in [0.05, 0.1) is 6.54 Å². The lowest BCUT2D eigenvalue weighted by Crippen LogP contribution is -2.21. The van der Waals surface area contributed by atoms with Gasteiger partial charge in [0.2, 0.25) is 0 Å². The van der Waals surface area contributed by atoms with Gasteiger partial charge in [0.1, 0.15) is 18.0 Å². The van der Waals surface area contributed by atoms with E-state index in [-0.39, 0.29) is 6.10 Å². The van der Waals surface area contributed by atoms with Crippen molar-refractivity contribution in [2.75, 3.05) is 6.26 Å². The van der Waals surface area contributed by atoms with Crippen LogP contribution in [0.25, 0.3) is 0 Å². The third-order valence-corrected chi connectivity index (χ3v) is 5.71. The molecular weight excluding hydrogens is 377 g/mol. The number of aromatic nitrogens is 3. The van der Waals surface area contributed by atoms with Gasteiger partial charge in [-0.2, -0.15) is 5.10 Å². The number of rotatable bonds is 5. The minimum Gasteiger partial charge on any atom is -0.354 e. The average Bonchev–Trinajstić information content (AvgIpc) is 3.15. The normalized spacial score (nSPS) is 22.1. The van der Waals surface area contributed by atoms with Crippen molar-refractivity contribution >= 4 is 35.0 Å². The molecule has 0 N–H and O–H groups in total. The molecule has 0 radical (unpaired) electrons. The lowest BCUT2D eigenvalue weighted by atomic mass is 9.91. The van der Waals surface area contributed by atoms with E-state index < -0.39 is 5.60 Å². The quantitative estimate of drug-likeness (QED) is 0.454. The predicted molar refractivity (Wildman–Crippen MR) is 100 cm³/mol. The third kappa shape index (κ3) is 2.95. The van der Waals surface area contributed by atoms with Crippen molar-refractivity contribution in [1.82, 2.24) is 14.8 Å². The third-order valence-electron chi connectivity index (χ3n) is 4.36. The van der Waals surface area contributed by atoms with Gasteiger partial charge >= 0.3 is 0 Å². The van der Waals surface area contributed by atoms with Crippen LogP contribution in [0.15, 0.2) is 60.0 Å². The van der Waals surface area contributed by atoms with E-state index >= 15 is 0 Å². The summed E-state index contributed by atoms with van der Waals surface area (Å²) in [6.07, 6.45) is 3.35. The number of halogens is 2. The molecule has 0 unspecified atom stereocenters. The maximum absolute atomic E-state index is 6.49. The van der Waals surface area contributed by atoms with Gasteiger partial charge in [-0.1, -0.05) is 71.4 Å². The molecule has 0 amide bonds. The van der Waals surface area contributed by atoms with Crippen LogP contribution in [0.4, 0.5) is 0 Å². The van der Waals surface area contributed by atoms with Gasteiger partial charge in [0.15, 0.2) is 5.16 Å². The fraction of sp³-hybridized carbons (Fsp3) is 0.222.